The highest BCUT2D eigenvalue weighted by Gasteiger charge is 2.43. The predicted molar refractivity (Wildman–Crippen MR) is 234 cm³/mol. The molecular weight excluding hydrogens is 816 g/mol. The maximum absolute atomic E-state index is 13.9. The Morgan fingerprint density at radius 1 is 1.00 bits per heavy atom. The maximum Gasteiger partial charge on any atom is 0.347 e. The van der Waals surface area contributed by atoms with Crippen molar-refractivity contribution in [3.8, 4) is 5.75 Å². The van der Waals surface area contributed by atoms with Gasteiger partial charge in [0.25, 0.3) is 0 Å². The van der Waals surface area contributed by atoms with Gasteiger partial charge in [0, 0.05) is 63.9 Å². The Morgan fingerprint density at radius 2 is 1.69 bits per heavy atom. The number of halogens is 1. The number of amides is 2. The van der Waals surface area contributed by atoms with Crippen molar-refractivity contribution in [3.63, 3.8) is 0 Å². The zero-order chi connectivity index (χ0) is 45.0. The Labute approximate surface area is 370 Å². The third kappa shape index (κ3) is 13.6. The van der Waals surface area contributed by atoms with E-state index in [1.807, 2.05) is 20.8 Å². The molecule has 3 heterocycles. The average Bonchev–Trinajstić information content (AvgIpc) is 3.21. The molecule has 2 aromatic carbocycles. The van der Waals surface area contributed by atoms with Crippen molar-refractivity contribution in [3.05, 3.63) is 89.0 Å². The highest BCUT2D eigenvalue weighted by atomic mass is 35.5. The zero-order valence-electron chi connectivity index (χ0n) is 36.9. The number of hydrogen-bond acceptors (Lipinski definition) is 12. The van der Waals surface area contributed by atoms with Crippen LogP contribution in [0.5, 0.6) is 5.75 Å². The van der Waals surface area contributed by atoms with Gasteiger partial charge in [-0.1, -0.05) is 81.4 Å². The molecule has 0 aliphatic carbocycles. The van der Waals surface area contributed by atoms with Gasteiger partial charge in [0.1, 0.15) is 24.5 Å². The number of carbonyl (C=O) groups is 5. The third-order valence-corrected chi connectivity index (χ3v) is 11.9. The van der Waals surface area contributed by atoms with Crippen molar-refractivity contribution in [2.45, 2.75) is 90.7 Å². The molecule has 0 bridgehead atoms. The van der Waals surface area contributed by atoms with E-state index in [2.05, 4.69) is 51.3 Å². The summed E-state index contributed by atoms with van der Waals surface area (Å²) in [5, 5.41) is 5.95. The summed E-state index contributed by atoms with van der Waals surface area (Å²) in [5.74, 6) is -2.44. The number of ether oxygens (including phenoxy) is 5. The number of cyclic esters (lactones) is 2. The quantitative estimate of drug-likeness (QED) is 0.149. The summed E-state index contributed by atoms with van der Waals surface area (Å²) in [5.41, 5.74) is 1.73. The molecule has 2 fully saturated rings. The lowest BCUT2D eigenvalue weighted by atomic mass is 9.79. The largest absolute Gasteiger partial charge is 0.495 e. The van der Waals surface area contributed by atoms with Crippen LogP contribution in [0.15, 0.2) is 67.3 Å². The zero-order valence-corrected chi connectivity index (χ0v) is 37.6. The van der Waals surface area contributed by atoms with E-state index in [0.29, 0.717) is 22.9 Å². The number of methoxy groups -OCH3 is 1. The summed E-state index contributed by atoms with van der Waals surface area (Å²) >= 11 is 6.38. The highest BCUT2D eigenvalue weighted by molar-refractivity contribution is 6.32. The van der Waals surface area contributed by atoms with E-state index in [4.69, 9.17) is 35.3 Å². The van der Waals surface area contributed by atoms with Crippen LogP contribution in [0, 0.1) is 17.3 Å². The van der Waals surface area contributed by atoms with Gasteiger partial charge in [0.05, 0.1) is 36.8 Å². The lowest BCUT2D eigenvalue weighted by molar-refractivity contribution is -0.185. The summed E-state index contributed by atoms with van der Waals surface area (Å²) in [6.07, 6.45) is 2.81. The van der Waals surface area contributed by atoms with Gasteiger partial charge in [-0.3, -0.25) is 29.0 Å². The van der Waals surface area contributed by atoms with Gasteiger partial charge in [-0.25, -0.2) is 4.79 Å². The van der Waals surface area contributed by atoms with Gasteiger partial charge in [-0.2, -0.15) is 0 Å². The fourth-order valence-electron chi connectivity index (χ4n) is 7.75. The Bertz CT molecular complexity index is 1910. The number of nitrogens with one attached hydrogen (secondary N) is 2. The Hall–Kier alpha value is -4.76. The van der Waals surface area contributed by atoms with E-state index in [1.54, 1.807) is 44.2 Å². The molecule has 3 aliphatic rings. The van der Waals surface area contributed by atoms with Gasteiger partial charge in [-0.05, 0) is 61.1 Å². The van der Waals surface area contributed by atoms with Gasteiger partial charge >= 0.3 is 17.9 Å². The number of esters is 3. The summed E-state index contributed by atoms with van der Waals surface area (Å²) in [6.45, 7) is 17.5. The average molecular weight is 879 g/mol. The van der Waals surface area contributed by atoms with E-state index in [1.165, 1.54) is 18.7 Å². The molecule has 6 atom stereocenters. The molecule has 338 valence electrons. The molecule has 5 rings (SSSR count). The van der Waals surface area contributed by atoms with Gasteiger partial charge in [-0.15, -0.1) is 0 Å². The number of nitrogens with zero attached hydrogens (tertiary/aromatic N) is 2. The monoisotopic (exact) mass is 878 g/mol. The molecule has 3 aliphatic heterocycles. The van der Waals surface area contributed by atoms with Gasteiger partial charge in [0.15, 0.2) is 6.10 Å². The molecule has 2 amide bonds. The van der Waals surface area contributed by atoms with E-state index in [-0.39, 0.29) is 68.8 Å². The minimum absolute atomic E-state index is 0.00873. The Morgan fingerprint density at radius 3 is 2.32 bits per heavy atom. The highest BCUT2D eigenvalue weighted by Crippen LogP contribution is 2.39. The first kappa shape index (κ1) is 48.3. The van der Waals surface area contributed by atoms with Crippen LogP contribution in [-0.2, 0) is 55.9 Å². The standard InChI is InChI=1S/C47H63ClN4O10/c1-8-22-59-42(54)27-52-20-18-51(19-21-52)26-32-12-15-34(16-13-32)35-28-60-43(35)31(4)38-10-9-11-41(53)50-37(25-33-14-17-39(58-7)36(48)24-33)44(55)49-29-47(5,6)46(57)62-40(23-30(2)3)45(56)61-38/h8-9,11-17,24,30-31,35,37-38,40,43H,1,10,18-23,25-29H2,2-7H3,(H,49,55)(H,50,53)/b11-9+/t31-,35+,37+,38-,40-,43?/m0/s1. The van der Waals surface area contributed by atoms with E-state index in [0.717, 1.165) is 38.3 Å². The summed E-state index contributed by atoms with van der Waals surface area (Å²) in [6, 6.07) is 12.6. The van der Waals surface area contributed by atoms with Crippen molar-refractivity contribution in [1.29, 1.82) is 0 Å². The minimum atomic E-state index is -1.23. The molecule has 0 aromatic heterocycles. The van der Waals surface area contributed by atoms with Gasteiger partial charge < -0.3 is 34.3 Å². The molecule has 14 nitrogen and oxygen atoms in total. The second-order valence-corrected chi connectivity index (χ2v) is 17.9. The lowest BCUT2D eigenvalue weighted by Gasteiger charge is -2.43. The Balaban J connectivity index is 1.29. The molecule has 0 spiro atoms. The van der Waals surface area contributed by atoms with Crippen molar-refractivity contribution < 1.29 is 47.7 Å². The van der Waals surface area contributed by atoms with Crippen LogP contribution < -0.4 is 15.4 Å². The second-order valence-electron chi connectivity index (χ2n) is 17.5. The van der Waals surface area contributed by atoms with Crippen LogP contribution in [0.4, 0.5) is 0 Å². The van der Waals surface area contributed by atoms with Crippen LogP contribution in [0.2, 0.25) is 5.02 Å². The molecule has 2 aromatic rings. The van der Waals surface area contributed by atoms with Crippen LogP contribution >= 0.6 is 11.6 Å². The molecule has 2 N–H and O–H groups in total. The smallest absolute Gasteiger partial charge is 0.347 e. The first-order valence-electron chi connectivity index (χ1n) is 21.5. The number of carbonyl (C=O) groups excluding carboxylic acids is 5. The van der Waals surface area contributed by atoms with E-state index >= 15 is 0 Å². The molecule has 2 saturated heterocycles. The first-order valence-corrected chi connectivity index (χ1v) is 21.8. The van der Waals surface area contributed by atoms with Crippen LogP contribution in [0.25, 0.3) is 0 Å². The normalized spacial score (nSPS) is 25.3. The number of piperazine rings is 1. The van der Waals surface area contributed by atoms with E-state index in [9.17, 15) is 24.0 Å². The molecule has 62 heavy (non-hydrogen) atoms. The second kappa shape index (κ2) is 22.5. The summed E-state index contributed by atoms with van der Waals surface area (Å²) in [4.78, 5) is 71.1. The van der Waals surface area contributed by atoms with Crippen LogP contribution in [-0.4, -0.2) is 123 Å². The molecular formula is C47H63ClN4O10. The fourth-order valence-corrected chi connectivity index (χ4v) is 8.03. The summed E-state index contributed by atoms with van der Waals surface area (Å²) in [7, 11) is 1.51. The van der Waals surface area contributed by atoms with Gasteiger partial charge in [0.2, 0.25) is 11.8 Å². The lowest BCUT2D eigenvalue weighted by Crippen LogP contribution is -2.51. The minimum Gasteiger partial charge on any atom is -0.495 e. The van der Waals surface area contributed by atoms with Crippen molar-refractivity contribution >= 4 is 41.3 Å². The predicted octanol–water partition coefficient (Wildman–Crippen LogP) is 5.01. The van der Waals surface area contributed by atoms with Crippen LogP contribution in [0.3, 0.4) is 0 Å². The molecule has 1 unspecified atom stereocenters. The van der Waals surface area contributed by atoms with Crippen molar-refractivity contribution in [2.24, 2.45) is 17.3 Å². The Kier molecular flexibility index (Phi) is 17.6. The molecule has 0 radical (unpaired) electrons. The number of hydrogen-bond donors (Lipinski definition) is 2. The van der Waals surface area contributed by atoms with Crippen molar-refractivity contribution in [2.75, 3.05) is 59.6 Å². The topological polar surface area (TPSA) is 162 Å². The van der Waals surface area contributed by atoms with E-state index < -0.39 is 47.4 Å². The number of rotatable bonds is 14. The molecule has 0 saturated carbocycles. The fraction of sp³-hybridized carbons (Fsp3) is 0.553. The van der Waals surface area contributed by atoms with Crippen molar-refractivity contribution in [1.82, 2.24) is 20.4 Å². The number of benzene rings is 2. The first-order chi connectivity index (χ1) is 29.6. The summed E-state index contributed by atoms with van der Waals surface area (Å²) < 4.78 is 28.7. The SMILES string of the molecule is C=CCOC(=O)CN1CCN(Cc2ccc([C@H]3COC3[C@@H](C)[C@@H]3C/C=C/C(=O)N[C@H](Cc4ccc(OC)c(Cl)c4)C(=O)NCC(C)(C)C(=O)O[C@@H](CC(C)C)C(=O)O3)cc2)CC1. The third-order valence-electron chi connectivity index (χ3n) is 11.6. The molecule has 15 heteroatoms. The van der Waals surface area contributed by atoms with Crippen LogP contribution in [0.1, 0.15) is 70.1 Å². The maximum atomic E-state index is 13.9.